The third-order valence-corrected chi connectivity index (χ3v) is 4.21. The van der Waals surface area contributed by atoms with Crippen molar-refractivity contribution in [1.29, 1.82) is 0 Å². The van der Waals surface area contributed by atoms with E-state index in [1.165, 1.54) is 0 Å². The van der Waals surface area contributed by atoms with Crippen LogP contribution in [0.1, 0.15) is 41.3 Å². The molecule has 0 atom stereocenters. The SMILES string of the molecule is Cc1cc(Cl)cc(C)c1Oc1nc(C2CC2)nc(Cl)c1C. The summed E-state index contributed by atoms with van der Waals surface area (Å²) in [6, 6.07) is 3.76. The molecular formula is C16H16Cl2N2O. The summed E-state index contributed by atoms with van der Waals surface area (Å²) in [6.45, 7) is 5.80. The van der Waals surface area contributed by atoms with Gasteiger partial charge in [-0.1, -0.05) is 23.2 Å². The van der Waals surface area contributed by atoms with E-state index in [2.05, 4.69) is 9.97 Å². The smallest absolute Gasteiger partial charge is 0.227 e. The van der Waals surface area contributed by atoms with E-state index in [0.717, 1.165) is 41.1 Å². The first-order chi connectivity index (χ1) is 9.95. The molecule has 1 fully saturated rings. The van der Waals surface area contributed by atoms with E-state index in [1.807, 2.05) is 32.9 Å². The van der Waals surface area contributed by atoms with E-state index < -0.39 is 0 Å². The van der Waals surface area contributed by atoms with Crippen molar-refractivity contribution in [2.24, 2.45) is 0 Å². The predicted octanol–water partition coefficient (Wildman–Crippen LogP) is 5.38. The van der Waals surface area contributed by atoms with Crippen LogP contribution in [0, 0.1) is 20.8 Å². The second-order valence-corrected chi connectivity index (χ2v) is 6.34. The maximum absolute atomic E-state index is 6.21. The van der Waals surface area contributed by atoms with Gasteiger partial charge in [-0.05, 0) is 56.9 Å². The van der Waals surface area contributed by atoms with Gasteiger partial charge < -0.3 is 4.74 Å². The zero-order valence-electron chi connectivity index (χ0n) is 12.2. The number of aryl methyl sites for hydroxylation is 2. The first-order valence-electron chi connectivity index (χ1n) is 6.94. The zero-order chi connectivity index (χ0) is 15.1. The number of halogens is 2. The van der Waals surface area contributed by atoms with Crippen LogP contribution in [0.2, 0.25) is 10.2 Å². The summed E-state index contributed by atoms with van der Waals surface area (Å²) >= 11 is 12.3. The summed E-state index contributed by atoms with van der Waals surface area (Å²) in [4.78, 5) is 8.89. The minimum Gasteiger partial charge on any atom is -0.438 e. The number of nitrogens with zero attached hydrogens (tertiary/aromatic N) is 2. The molecule has 21 heavy (non-hydrogen) atoms. The van der Waals surface area contributed by atoms with Crippen molar-refractivity contribution in [1.82, 2.24) is 9.97 Å². The second kappa shape index (κ2) is 5.47. The van der Waals surface area contributed by atoms with Crippen LogP contribution in [0.15, 0.2) is 12.1 Å². The highest BCUT2D eigenvalue weighted by molar-refractivity contribution is 6.30. The van der Waals surface area contributed by atoms with Gasteiger partial charge in [-0.2, -0.15) is 4.98 Å². The summed E-state index contributed by atoms with van der Waals surface area (Å²) in [5.41, 5.74) is 2.71. The molecule has 0 spiro atoms. The zero-order valence-corrected chi connectivity index (χ0v) is 13.7. The average Bonchev–Trinajstić information content (AvgIpc) is 3.22. The minimum absolute atomic E-state index is 0.429. The summed E-state index contributed by atoms with van der Waals surface area (Å²) in [6.07, 6.45) is 2.25. The Labute approximate surface area is 134 Å². The van der Waals surface area contributed by atoms with Crippen molar-refractivity contribution < 1.29 is 4.74 Å². The van der Waals surface area contributed by atoms with Gasteiger partial charge in [0.25, 0.3) is 0 Å². The molecule has 0 N–H and O–H groups in total. The molecule has 3 nitrogen and oxygen atoms in total. The van der Waals surface area contributed by atoms with Gasteiger partial charge >= 0.3 is 0 Å². The molecule has 1 aromatic carbocycles. The van der Waals surface area contributed by atoms with Gasteiger partial charge in [0.05, 0.1) is 0 Å². The minimum atomic E-state index is 0.429. The molecule has 1 aliphatic carbocycles. The number of benzene rings is 1. The molecule has 0 saturated heterocycles. The summed E-state index contributed by atoms with van der Waals surface area (Å²) < 4.78 is 6.03. The van der Waals surface area contributed by atoms with E-state index in [4.69, 9.17) is 27.9 Å². The third kappa shape index (κ3) is 2.99. The number of hydrogen-bond donors (Lipinski definition) is 0. The van der Waals surface area contributed by atoms with Crippen molar-refractivity contribution in [3.05, 3.63) is 44.8 Å². The van der Waals surface area contributed by atoms with Crippen LogP contribution in [0.5, 0.6) is 11.6 Å². The number of rotatable bonds is 3. The van der Waals surface area contributed by atoms with Gasteiger partial charge in [-0.25, -0.2) is 4.98 Å². The molecule has 110 valence electrons. The van der Waals surface area contributed by atoms with Gasteiger partial charge in [0.1, 0.15) is 16.7 Å². The molecule has 0 radical (unpaired) electrons. The van der Waals surface area contributed by atoms with E-state index in [1.54, 1.807) is 0 Å². The molecule has 0 aliphatic heterocycles. The number of ether oxygens (including phenoxy) is 1. The fourth-order valence-electron chi connectivity index (χ4n) is 2.26. The second-order valence-electron chi connectivity index (χ2n) is 5.55. The topological polar surface area (TPSA) is 35.0 Å². The van der Waals surface area contributed by atoms with Crippen LogP contribution in [0.3, 0.4) is 0 Å². The van der Waals surface area contributed by atoms with Crippen LogP contribution in [-0.4, -0.2) is 9.97 Å². The molecule has 0 bridgehead atoms. The highest BCUT2D eigenvalue weighted by Crippen LogP contribution is 2.41. The standard InChI is InChI=1S/C16H16Cl2N2O/c1-8-6-12(17)7-9(2)13(8)21-16-10(3)14(18)19-15(20-16)11-4-5-11/h6-7,11H,4-5H2,1-3H3. The Morgan fingerprint density at radius 3 is 2.24 bits per heavy atom. The van der Waals surface area contributed by atoms with Gasteiger partial charge in [-0.15, -0.1) is 0 Å². The lowest BCUT2D eigenvalue weighted by molar-refractivity contribution is 0.447. The Morgan fingerprint density at radius 2 is 1.67 bits per heavy atom. The quantitative estimate of drug-likeness (QED) is 0.712. The highest BCUT2D eigenvalue weighted by Gasteiger charge is 2.28. The Hall–Kier alpha value is -1.32. The van der Waals surface area contributed by atoms with Gasteiger partial charge in [0, 0.05) is 16.5 Å². The van der Waals surface area contributed by atoms with Gasteiger partial charge in [0.15, 0.2) is 0 Å². The molecule has 5 heteroatoms. The van der Waals surface area contributed by atoms with Crippen LogP contribution >= 0.6 is 23.2 Å². The van der Waals surface area contributed by atoms with E-state index in [-0.39, 0.29) is 0 Å². The molecule has 0 unspecified atom stereocenters. The molecule has 1 aliphatic rings. The maximum Gasteiger partial charge on any atom is 0.227 e. The molecule has 1 heterocycles. The van der Waals surface area contributed by atoms with E-state index in [0.29, 0.717) is 22.0 Å². The van der Waals surface area contributed by atoms with Gasteiger partial charge in [0.2, 0.25) is 5.88 Å². The normalized spacial score (nSPS) is 14.3. The van der Waals surface area contributed by atoms with Crippen LogP contribution in [0.25, 0.3) is 0 Å². The Bertz CT molecular complexity index is 689. The largest absolute Gasteiger partial charge is 0.438 e. The highest BCUT2D eigenvalue weighted by atomic mass is 35.5. The molecule has 2 aromatic rings. The Balaban J connectivity index is 2.02. The van der Waals surface area contributed by atoms with Gasteiger partial charge in [-0.3, -0.25) is 0 Å². The monoisotopic (exact) mass is 322 g/mol. The van der Waals surface area contributed by atoms with E-state index >= 15 is 0 Å². The van der Waals surface area contributed by atoms with E-state index in [9.17, 15) is 0 Å². The van der Waals surface area contributed by atoms with Crippen molar-refractivity contribution in [2.75, 3.05) is 0 Å². The maximum atomic E-state index is 6.21. The lowest BCUT2D eigenvalue weighted by Crippen LogP contribution is -2.01. The molecular weight excluding hydrogens is 307 g/mol. The van der Waals surface area contributed by atoms with Crippen LogP contribution < -0.4 is 4.74 Å². The fourth-order valence-corrected chi connectivity index (χ4v) is 2.76. The number of hydrogen-bond acceptors (Lipinski definition) is 3. The first-order valence-corrected chi connectivity index (χ1v) is 7.70. The average molecular weight is 323 g/mol. The molecule has 0 amide bonds. The fraction of sp³-hybridized carbons (Fsp3) is 0.375. The van der Waals surface area contributed by atoms with Crippen molar-refractivity contribution in [2.45, 2.75) is 39.5 Å². The van der Waals surface area contributed by atoms with Crippen LogP contribution in [0.4, 0.5) is 0 Å². The lowest BCUT2D eigenvalue weighted by Gasteiger charge is -2.14. The predicted molar refractivity (Wildman–Crippen MR) is 84.8 cm³/mol. The molecule has 1 saturated carbocycles. The van der Waals surface area contributed by atoms with Crippen molar-refractivity contribution in [3.63, 3.8) is 0 Å². The lowest BCUT2D eigenvalue weighted by atomic mass is 10.1. The summed E-state index contributed by atoms with van der Waals surface area (Å²) in [7, 11) is 0. The molecule has 3 rings (SSSR count). The first kappa shape index (κ1) is 14.6. The summed E-state index contributed by atoms with van der Waals surface area (Å²) in [5.74, 6) is 2.52. The molecule has 1 aromatic heterocycles. The van der Waals surface area contributed by atoms with Crippen molar-refractivity contribution in [3.8, 4) is 11.6 Å². The third-order valence-electron chi connectivity index (χ3n) is 3.63. The number of aromatic nitrogens is 2. The summed E-state index contributed by atoms with van der Waals surface area (Å²) in [5, 5.41) is 1.17. The van der Waals surface area contributed by atoms with Crippen molar-refractivity contribution >= 4 is 23.2 Å². The Kier molecular flexibility index (Phi) is 3.80. The van der Waals surface area contributed by atoms with Crippen LogP contribution in [-0.2, 0) is 0 Å². The Morgan fingerprint density at radius 1 is 1.05 bits per heavy atom.